The van der Waals surface area contributed by atoms with Gasteiger partial charge < -0.3 is 14.5 Å². The molecule has 130 valence electrons. The number of imidazole rings is 1. The number of rotatable bonds is 5. The fourth-order valence-corrected chi connectivity index (χ4v) is 2.73. The first-order chi connectivity index (χ1) is 12.7. The Morgan fingerprint density at radius 3 is 3.00 bits per heavy atom. The molecule has 7 nitrogen and oxygen atoms in total. The van der Waals surface area contributed by atoms with Crippen LogP contribution < -0.4 is 10.1 Å². The molecule has 3 aromatic heterocycles. The molecule has 0 spiro atoms. The number of hydrogen-bond acceptors (Lipinski definition) is 4. The molecule has 0 aliphatic heterocycles. The van der Waals surface area contributed by atoms with E-state index in [0.717, 1.165) is 22.4 Å². The summed E-state index contributed by atoms with van der Waals surface area (Å²) in [6, 6.07) is 11.5. The summed E-state index contributed by atoms with van der Waals surface area (Å²) in [7, 11) is 1.62. The summed E-state index contributed by atoms with van der Waals surface area (Å²) < 4.78 is 7.02. The lowest BCUT2D eigenvalue weighted by molar-refractivity contribution is 0.0946. The summed E-state index contributed by atoms with van der Waals surface area (Å²) in [6.07, 6.45) is 7.16. The van der Waals surface area contributed by atoms with Crippen LogP contribution in [0.4, 0.5) is 0 Å². The van der Waals surface area contributed by atoms with Gasteiger partial charge in [0, 0.05) is 30.7 Å². The smallest absolute Gasteiger partial charge is 0.271 e. The zero-order chi connectivity index (χ0) is 17.9. The minimum Gasteiger partial charge on any atom is -0.497 e. The van der Waals surface area contributed by atoms with Gasteiger partial charge in [0.2, 0.25) is 0 Å². The Labute approximate surface area is 149 Å². The van der Waals surface area contributed by atoms with Crippen LogP contribution in [0.1, 0.15) is 16.1 Å². The van der Waals surface area contributed by atoms with E-state index in [0.29, 0.717) is 17.9 Å². The summed E-state index contributed by atoms with van der Waals surface area (Å²) in [5.41, 5.74) is 4.00. The van der Waals surface area contributed by atoms with Gasteiger partial charge >= 0.3 is 0 Å². The lowest BCUT2D eigenvalue weighted by Gasteiger charge is -2.05. The van der Waals surface area contributed by atoms with E-state index in [1.54, 1.807) is 19.5 Å². The number of hydrogen-bond donors (Lipinski definition) is 2. The van der Waals surface area contributed by atoms with Crippen LogP contribution in [0, 0.1) is 0 Å². The summed E-state index contributed by atoms with van der Waals surface area (Å²) in [6.45, 7) is 0.407. The molecule has 0 fully saturated rings. The highest BCUT2D eigenvalue weighted by atomic mass is 16.5. The predicted octanol–water partition coefficient (Wildman–Crippen LogP) is 2.66. The van der Waals surface area contributed by atoms with Crippen molar-refractivity contribution >= 4 is 11.6 Å². The van der Waals surface area contributed by atoms with E-state index in [1.165, 1.54) is 0 Å². The Hall–Kier alpha value is -3.61. The first-order valence-electron chi connectivity index (χ1n) is 8.12. The number of pyridine rings is 1. The Balaban J connectivity index is 1.51. The standard InChI is InChI=1S/C19H17N5O2/c1-26-16-4-2-3-13(7-16)9-20-19(25)17-12-24-6-5-14(8-18(24)23-17)15-10-21-22-11-15/h2-8,10-12H,9H2,1H3,(H,20,25)(H,21,22). The molecule has 0 aliphatic rings. The number of benzene rings is 1. The van der Waals surface area contributed by atoms with E-state index in [4.69, 9.17) is 4.74 Å². The van der Waals surface area contributed by atoms with Crippen molar-refractivity contribution < 1.29 is 9.53 Å². The number of H-pyrrole nitrogens is 1. The molecule has 4 rings (SSSR count). The van der Waals surface area contributed by atoms with Crippen molar-refractivity contribution in [3.05, 3.63) is 72.4 Å². The fourth-order valence-electron chi connectivity index (χ4n) is 2.73. The van der Waals surface area contributed by atoms with Crippen LogP contribution in [0.2, 0.25) is 0 Å². The van der Waals surface area contributed by atoms with Crippen LogP contribution in [0.3, 0.4) is 0 Å². The molecular formula is C19H17N5O2. The Morgan fingerprint density at radius 1 is 1.27 bits per heavy atom. The fraction of sp³-hybridized carbons (Fsp3) is 0.105. The second-order valence-electron chi connectivity index (χ2n) is 5.83. The predicted molar refractivity (Wildman–Crippen MR) is 96.9 cm³/mol. The van der Waals surface area contributed by atoms with Crippen molar-refractivity contribution in [3.8, 4) is 16.9 Å². The molecule has 0 aliphatic carbocycles. The van der Waals surface area contributed by atoms with Crippen LogP contribution in [0.15, 0.2) is 61.2 Å². The normalized spacial score (nSPS) is 10.8. The maximum atomic E-state index is 12.4. The van der Waals surface area contributed by atoms with Crippen LogP contribution in [-0.4, -0.2) is 32.6 Å². The van der Waals surface area contributed by atoms with Crippen molar-refractivity contribution in [1.29, 1.82) is 0 Å². The van der Waals surface area contributed by atoms with Gasteiger partial charge in [-0.1, -0.05) is 12.1 Å². The number of aromatic nitrogens is 4. The monoisotopic (exact) mass is 347 g/mol. The van der Waals surface area contributed by atoms with Gasteiger partial charge in [-0.2, -0.15) is 5.10 Å². The van der Waals surface area contributed by atoms with Crippen molar-refractivity contribution in [2.24, 2.45) is 0 Å². The van der Waals surface area contributed by atoms with Crippen molar-refractivity contribution in [3.63, 3.8) is 0 Å². The molecule has 0 radical (unpaired) electrons. The molecule has 0 atom stereocenters. The van der Waals surface area contributed by atoms with Gasteiger partial charge in [-0.05, 0) is 35.4 Å². The lowest BCUT2D eigenvalue weighted by atomic mass is 10.1. The summed E-state index contributed by atoms with van der Waals surface area (Å²) in [5, 5.41) is 9.63. The molecule has 0 bridgehead atoms. The minimum absolute atomic E-state index is 0.221. The highest BCUT2D eigenvalue weighted by Crippen LogP contribution is 2.19. The molecule has 1 amide bonds. The van der Waals surface area contributed by atoms with Crippen LogP contribution in [-0.2, 0) is 6.54 Å². The molecule has 0 unspecified atom stereocenters. The SMILES string of the molecule is COc1cccc(CNC(=O)c2cn3ccc(-c4cn[nH]c4)cc3n2)c1. The Bertz CT molecular complexity index is 1050. The summed E-state index contributed by atoms with van der Waals surface area (Å²) >= 11 is 0. The topological polar surface area (TPSA) is 84.3 Å². The Kier molecular flexibility index (Phi) is 4.10. The number of ether oxygens (including phenoxy) is 1. The van der Waals surface area contributed by atoms with Gasteiger partial charge in [0.25, 0.3) is 5.91 Å². The molecule has 26 heavy (non-hydrogen) atoms. The largest absolute Gasteiger partial charge is 0.497 e. The number of methoxy groups -OCH3 is 1. The first kappa shape index (κ1) is 15.9. The average Bonchev–Trinajstić information content (AvgIpc) is 3.35. The van der Waals surface area contributed by atoms with Crippen molar-refractivity contribution in [2.75, 3.05) is 7.11 Å². The van der Waals surface area contributed by atoms with Gasteiger partial charge in [-0.3, -0.25) is 9.89 Å². The molecule has 0 saturated heterocycles. The second-order valence-corrected chi connectivity index (χ2v) is 5.83. The van der Waals surface area contributed by atoms with E-state index < -0.39 is 0 Å². The molecule has 7 heteroatoms. The summed E-state index contributed by atoms with van der Waals surface area (Å²) in [5.74, 6) is 0.539. The summed E-state index contributed by atoms with van der Waals surface area (Å²) in [4.78, 5) is 16.8. The highest BCUT2D eigenvalue weighted by molar-refractivity contribution is 5.93. The maximum absolute atomic E-state index is 12.4. The van der Waals surface area contributed by atoms with E-state index in [1.807, 2.05) is 53.2 Å². The highest BCUT2D eigenvalue weighted by Gasteiger charge is 2.11. The maximum Gasteiger partial charge on any atom is 0.271 e. The second kappa shape index (κ2) is 6.72. The van der Waals surface area contributed by atoms with Crippen molar-refractivity contribution in [1.82, 2.24) is 24.9 Å². The number of nitrogens with zero attached hydrogens (tertiary/aromatic N) is 3. The van der Waals surface area contributed by atoms with Gasteiger partial charge in [0.1, 0.15) is 17.1 Å². The molecule has 1 aromatic carbocycles. The first-order valence-corrected chi connectivity index (χ1v) is 8.12. The number of amides is 1. The number of aromatic amines is 1. The van der Waals surface area contributed by atoms with E-state index in [2.05, 4.69) is 20.5 Å². The van der Waals surface area contributed by atoms with E-state index in [-0.39, 0.29) is 5.91 Å². The van der Waals surface area contributed by atoms with Crippen molar-refractivity contribution in [2.45, 2.75) is 6.54 Å². The number of carbonyl (C=O) groups excluding carboxylic acids is 1. The molecule has 4 aromatic rings. The quantitative estimate of drug-likeness (QED) is 0.581. The van der Waals surface area contributed by atoms with Gasteiger partial charge in [-0.25, -0.2) is 4.98 Å². The van der Waals surface area contributed by atoms with Gasteiger partial charge in [-0.15, -0.1) is 0 Å². The van der Waals surface area contributed by atoms with Crippen LogP contribution in [0.25, 0.3) is 16.8 Å². The van der Waals surface area contributed by atoms with Gasteiger partial charge in [0.15, 0.2) is 0 Å². The molecule has 0 saturated carbocycles. The zero-order valence-electron chi connectivity index (χ0n) is 14.1. The third kappa shape index (κ3) is 3.14. The number of fused-ring (bicyclic) bond motifs is 1. The third-order valence-electron chi connectivity index (χ3n) is 4.11. The molecule has 2 N–H and O–H groups in total. The minimum atomic E-state index is -0.221. The lowest BCUT2D eigenvalue weighted by Crippen LogP contribution is -2.23. The van der Waals surface area contributed by atoms with E-state index in [9.17, 15) is 4.79 Å². The molecular weight excluding hydrogens is 330 g/mol. The number of nitrogens with one attached hydrogen (secondary N) is 2. The zero-order valence-corrected chi connectivity index (χ0v) is 14.1. The van der Waals surface area contributed by atoms with E-state index >= 15 is 0 Å². The molecule has 3 heterocycles. The van der Waals surface area contributed by atoms with Gasteiger partial charge in [0.05, 0.1) is 13.3 Å². The van der Waals surface area contributed by atoms with Crippen LogP contribution >= 0.6 is 0 Å². The average molecular weight is 347 g/mol. The Morgan fingerprint density at radius 2 is 2.19 bits per heavy atom. The third-order valence-corrected chi connectivity index (χ3v) is 4.11. The number of carbonyl (C=O) groups is 1. The van der Waals surface area contributed by atoms with Crippen LogP contribution in [0.5, 0.6) is 5.75 Å².